The molecule has 1 aliphatic carbocycles. The van der Waals surface area contributed by atoms with Gasteiger partial charge in [-0.25, -0.2) is 9.07 Å². The lowest BCUT2D eigenvalue weighted by molar-refractivity contribution is -0.116. The molecule has 1 N–H and O–H groups in total. The van der Waals surface area contributed by atoms with Crippen molar-refractivity contribution >= 4 is 23.5 Å². The van der Waals surface area contributed by atoms with Gasteiger partial charge in [-0.15, -0.1) is 5.10 Å². The van der Waals surface area contributed by atoms with Crippen LogP contribution in [0.1, 0.15) is 50.6 Å². The number of Topliss-reactive ketones (excluding diaryl/α,β-unsaturated/α-hetero) is 1. The number of unbranched alkanes of at least 4 members (excludes halogenated alkanes) is 1. The number of aromatic nitrogens is 3. The van der Waals surface area contributed by atoms with Gasteiger partial charge in [0.05, 0.1) is 0 Å². The molecule has 4 rings (SSSR count). The Morgan fingerprint density at radius 2 is 2.12 bits per heavy atom. The summed E-state index contributed by atoms with van der Waals surface area (Å²) in [6, 6.07) is 5.97. The summed E-state index contributed by atoms with van der Waals surface area (Å²) in [5.74, 6) is 1.47. The Labute approximate surface area is 156 Å². The first-order valence-electron chi connectivity index (χ1n) is 9.05. The van der Waals surface area contributed by atoms with E-state index < -0.39 is 0 Å². The largest absolute Gasteiger partial charge is 0.328 e. The van der Waals surface area contributed by atoms with E-state index in [9.17, 15) is 9.18 Å². The summed E-state index contributed by atoms with van der Waals surface area (Å²) in [4.78, 5) is 17.3. The van der Waals surface area contributed by atoms with Crippen LogP contribution in [0.15, 0.2) is 40.7 Å². The van der Waals surface area contributed by atoms with Gasteiger partial charge in [0.1, 0.15) is 11.9 Å². The number of anilines is 1. The molecule has 1 atom stereocenters. The highest BCUT2D eigenvalue weighted by atomic mass is 32.2. The number of carbonyl (C=O) groups excluding carboxylic acids is 1. The molecule has 7 heteroatoms. The van der Waals surface area contributed by atoms with Crippen LogP contribution in [0.25, 0.3) is 0 Å². The van der Waals surface area contributed by atoms with Crippen molar-refractivity contribution < 1.29 is 9.18 Å². The molecule has 0 bridgehead atoms. The molecule has 0 radical (unpaired) electrons. The summed E-state index contributed by atoms with van der Waals surface area (Å²) in [7, 11) is 0. The molecule has 1 aromatic carbocycles. The van der Waals surface area contributed by atoms with Crippen LogP contribution in [0, 0.1) is 5.82 Å². The average Bonchev–Trinajstić information content (AvgIpc) is 3.04. The first-order chi connectivity index (χ1) is 12.7. The highest BCUT2D eigenvalue weighted by molar-refractivity contribution is 7.99. The van der Waals surface area contributed by atoms with Crippen molar-refractivity contribution in [3.05, 3.63) is 46.9 Å². The van der Waals surface area contributed by atoms with Gasteiger partial charge in [-0.1, -0.05) is 37.2 Å². The number of ketones is 1. The Balaban J connectivity index is 1.76. The zero-order valence-corrected chi connectivity index (χ0v) is 15.5. The molecule has 136 valence electrons. The van der Waals surface area contributed by atoms with E-state index in [1.807, 2.05) is 0 Å². The normalized spacial score (nSPS) is 19.2. The van der Waals surface area contributed by atoms with Gasteiger partial charge in [0.2, 0.25) is 11.1 Å². The van der Waals surface area contributed by atoms with Crippen LogP contribution in [0.2, 0.25) is 0 Å². The quantitative estimate of drug-likeness (QED) is 0.625. The Morgan fingerprint density at radius 3 is 2.88 bits per heavy atom. The Kier molecular flexibility index (Phi) is 4.80. The number of allylic oxidation sites excluding steroid dienone is 2. The maximum absolute atomic E-state index is 13.4. The van der Waals surface area contributed by atoms with E-state index in [2.05, 4.69) is 22.3 Å². The fourth-order valence-corrected chi connectivity index (χ4v) is 4.37. The number of carbonyl (C=O) groups is 1. The van der Waals surface area contributed by atoms with Gasteiger partial charge in [-0.2, -0.15) is 4.98 Å². The van der Waals surface area contributed by atoms with Crippen molar-refractivity contribution in [3.63, 3.8) is 0 Å². The van der Waals surface area contributed by atoms with Gasteiger partial charge in [-0.3, -0.25) is 4.79 Å². The first-order valence-corrected chi connectivity index (χ1v) is 10.0. The topological polar surface area (TPSA) is 59.8 Å². The van der Waals surface area contributed by atoms with E-state index >= 15 is 0 Å². The van der Waals surface area contributed by atoms with Gasteiger partial charge >= 0.3 is 0 Å². The van der Waals surface area contributed by atoms with Crippen LogP contribution in [0.5, 0.6) is 0 Å². The minimum atomic E-state index is -0.345. The van der Waals surface area contributed by atoms with E-state index in [0.717, 1.165) is 48.3 Å². The number of thioether (sulfide) groups is 1. The molecule has 0 saturated carbocycles. The molecule has 0 spiro atoms. The second-order valence-corrected chi connectivity index (χ2v) is 7.67. The van der Waals surface area contributed by atoms with E-state index in [-0.39, 0.29) is 17.6 Å². The Morgan fingerprint density at radius 1 is 1.31 bits per heavy atom. The molecule has 1 aromatic heterocycles. The fourth-order valence-electron chi connectivity index (χ4n) is 3.46. The summed E-state index contributed by atoms with van der Waals surface area (Å²) in [6.07, 6.45) is 4.44. The number of hydrogen-bond donors (Lipinski definition) is 1. The standard InChI is InChI=1S/C19H21FN4OS/c1-2-3-11-26-19-22-18-21-14-5-4-6-15(25)16(14)17(24(18)23-19)12-7-9-13(20)10-8-12/h7-10,17H,2-6,11H2,1H3,(H,21,22,23). The number of hydrogen-bond acceptors (Lipinski definition) is 5. The molecule has 1 aliphatic heterocycles. The third-order valence-electron chi connectivity index (χ3n) is 4.76. The highest BCUT2D eigenvalue weighted by Gasteiger charge is 2.36. The molecule has 2 aliphatic rings. The van der Waals surface area contributed by atoms with Crippen molar-refractivity contribution in [2.75, 3.05) is 11.1 Å². The average molecular weight is 372 g/mol. The van der Waals surface area contributed by atoms with Gasteiger partial charge in [-0.05, 0) is 37.0 Å². The monoisotopic (exact) mass is 372 g/mol. The van der Waals surface area contributed by atoms with Crippen molar-refractivity contribution in [3.8, 4) is 0 Å². The third-order valence-corrected chi connectivity index (χ3v) is 5.69. The second-order valence-electron chi connectivity index (χ2n) is 6.61. The van der Waals surface area contributed by atoms with E-state index in [1.165, 1.54) is 12.1 Å². The van der Waals surface area contributed by atoms with Crippen molar-refractivity contribution in [2.24, 2.45) is 0 Å². The fraction of sp³-hybridized carbons (Fsp3) is 0.421. The number of nitrogens with zero attached hydrogens (tertiary/aromatic N) is 3. The van der Waals surface area contributed by atoms with Crippen LogP contribution in [-0.4, -0.2) is 26.3 Å². The highest BCUT2D eigenvalue weighted by Crippen LogP contribution is 2.40. The predicted molar refractivity (Wildman–Crippen MR) is 99.7 cm³/mol. The summed E-state index contributed by atoms with van der Waals surface area (Å²) < 4.78 is 15.2. The minimum Gasteiger partial charge on any atom is -0.328 e. The molecule has 0 saturated heterocycles. The van der Waals surface area contributed by atoms with Crippen LogP contribution >= 0.6 is 11.8 Å². The lowest BCUT2D eigenvalue weighted by Gasteiger charge is -2.32. The molecule has 1 unspecified atom stereocenters. The smallest absolute Gasteiger partial charge is 0.227 e. The van der Waals surface area contributed by atoms with Crippen molar-refractivity contribution in [1.29, 1.82) is 0 Å². The van der Waals surface area contributed by atoms with Crippen LogP contribution in [-0.2, 0) is 4.79 Å². The molecule has 2 aromatic rings. The van der Waals surface area contributed by atoms with E-state index in [4.69, 9.17) is 0 Å². The van der Waals surface area contributed by atoms with E-state index in [0.29, 0.717) is 17.5 Å². The number of benzene rings is 1. The molecule has 5 nitrogen and oxygen atoms in total. The summed E-state index contributed by atoms with van der Waals surface area (Å²) in [5, 5.41) is 8.67. The molecule has 26 heavy (non-hydrogen) atoms. The number of nitrogens with one attached hydrogen (secondary N) is 1. The molecule has 0 amide bonds. The zero-order chi connectivity index (χ0) is 18.1. The summed E-state index contributed by atoms with van der Waals surface area (Å²) >= 11 is 1.63. The lowest BCUT2D eigenvalue weighted by Crippen LogP contribution is -2.31. The van der Waals surface area contributed by atoms with Gasteiger partial charge < -0.3 is 5.32 Å². The maximum Gasteiger partial charge on any atom is 0.227 e. The molecular formula is C19H21FN4OS. The Hall–Kier alpha value is -2.15. The van der Waals surface area contributed by atoms with Crippen molar-refractivity contribution in [2.45, 2.75) is 50.2 Å². The minimum absolute atomic E-state index is 0.134. The van der Waals surface area contributed by atoms with E-state index in [1.54, 1.807) is 28.6 Å². The third kappa shape index (κ3) is 3.16. The molecular weight excluding hydrogens is 351 g/mol. The number of rotatable bonds is 5. The maximum atomic E-state index is 13.4. The summed E-state index contributed by atoms with van der Waals surface area (Å²) in [6.45, 7) is 2.15. The predicted octanol–water partition coefficient (Wildman–Crippen LogP) is 4.33. The number of halogens is 1. The molecule has 2 heterocycles. The van der Waals surface area contributed by atoms with Gasteiger partial charge in [0.15, 0.2) is 5.78 Å². The van der Waals surface area contributed by atoms with Gasteiger partial charge in [0.25, 0.3) is 0 Å². The SMILES string of the molecule is CCCCSc1nc2n(n1)C(c1ccc(F)cc1)C1=C(CCCC1=O)N2. The summed E-state index contributed by atoms with van der Waals surface area (Å²) in [5.41, 5.74) is 2.53. The Bertz CT molecular complexity index is 859. The van der Waals surface area contributed by atoms with Gasteiger partial charge in [0, 0.05) is 23.4 Å². The zero-order valence-electron chi connectivity index (χ0n) is 14.7. The van der Waals surface area contributed by atoms with Crippen LogP contribution in [0.4, 0.5) is 10.3 Å². The lowest BCUT2D eigenvalue weighted by atomic mass is 9.85. The van der Waals surface area contributed by atoms with Crippen LogP contribution in [0.3, 0.4) is 0 Å². The second kappa shape index (κ2) is 7.23. The van der Waals surface area contributed by atoms with Crippen molar-refractivity contribution in [1.82, 2.24) is 14.8 Å². The number of fused-ring (bicyclic) bond motifs is 1. The first kappa shape index (κ1) is 17.3. The molecule has 0 fully saturated rings. The van der Waals surface area contributed by atoms with Crippen LogP contribution < -0.4 is 5.32 Å².